The monoisotopic (exact) mass is 403 g/mol. The number of benzene rings is 1. The number of phenols is 1. The van der Waals surface area contributed by atoms with Gasteiger partial charge in [-0.2, -0.15) is 0 Å². The Bertz CT molecular complexity index is 396. The SMILES string of the molecule is O=Cc1cc([N+](=O)[O-])c[c]([Hg][Cl])c1O. The molecule has 0 atom stereocenters. The van der Waals surface area contributed by atoms with Crippen molar-refractivity contribution in [1.82, 2.24) is 0 Å². The number of halogens is 1. The van der Waals surface area contributed by atoms with E-state index < -0.39 is 28.3 Å². The molecule has 0 saturated carbocycles. The second kappa shape index (κ2) is 4.70. The van der Waals surface area contributed by atoms with Gasteiger partial charge in [0.1, 0.15) is 0 Å². The van der Waals surface area contributed by atoms with Crippen LogP contribution in [0.3, 0.4) is 0 Å². The summed E-state index contributed by atoms with van der Waals surface area (Å²) >= 11 is -1.97. The van der Waals surface area contributed by atoms with E-state index in [-0.39, 0.29) is 17.0 Å². The third kappa shape index (κ3) is 2.21. The molecule has 0 aliphatic heterocycles. The Morgan fingerprint density at radius 3 is 2.64 bits per heavy atom. The number of nitro benzene ring substituents is 1. The van der Waals surface area contributed by atoms with Gasteiger partial charge in [-0.15, -0.1) is 0 Å². The van der Waals surface area contributed by atoms with Crippen LogP contribution in [0.2, 0.25) is 0 Å². The molecule has 5 nitrogen and oxygen atoms in total. The first-order valence-electron chi connectivity index (χ1n) is 3.61. The summed E-state index contributed by atoms with van der Waals surface area (Å²) in [6.45, 7) is 0. The maximum absolute atomic E-state index is 10.5. The molecule has 14 heavy (non-hydrogen) atoms. The number of rotatable bonds is 3. The molecule has 0 aliphatic rings. The topological polar surface area (TPSA) is 80.4 Å². The molecule has 1 N–H and O–H groups in total. The Kier molecular flexibility index (Phi) is 3.82. The van der Waals surface area contributed by atoms with E-state index in [2.05, 4.69) is 0 Å². The molecule has 1 aromatic carbocycles. The van der Waals surface area contributed by atoms with Gasteiger partial charge in [-0.1, -0.05) is 0 Å². The quantitative estimate of drug-likeness (QED) is 0.354. The fourth-order valence-corrected chi connectivity index (χ4v) is 5.18. The number of aldehydes is 1. The van der Waals surface area contributed by atoms with Gasteiger partial charge in [-0.05, 0) is 0 Å². The van der Waals surface area contributed by atoms with Crippen molar-refractivity contribution >= 4 is 23.3 Å². The molecule has 0 unspecified atom stereocenters. The first-order valence-corrected chi connectivity index (χ1v) is 13.1. The summed E-state index contributed by atoms with van der Waals surface area (Å²) < 4.78 is 0.392. The maximum atomic E-state index is 10.5. The number of hydrogen-bond donors (Lipinski definition) is 1. The van der Waals surface area contributed by atoms with Crippen molar-refractivity contribution in [2.45, 2.75) is 0 Å². The molecule has 0 radical (unpaired) electrons. The van der Waals surface area contributed by atoms with E-state index in [9.17, 15) is 20.0 Å². The number of nitrogens with zero attached hydrogens (tertiary/aromatic N) is 1. The summed E-state index contributed by atoms with van der Waals surface area (Å²) in [4.78, 5) is 20.3. The van der Waals surface area contributed by atoms with E-state index in [1.807, 2.05) is 0 Å². The van der Waals surface area contributed by atoms with Crippen LogP contribution in [0.4, 0.5) is 5.69 Å². The zero-order valence-electron chi connectivity index (χ0n) is 6.94. The number of nitro groups is 1. The minimum atomic E-state index is -1.97. The van der Waals surface area contributed by atoms with Gasteiger partial charge in [0.15, 0.2) is 0 Å². The van der Waals surface area contributed by atoms with Crippen molar-refractivity contribution in [3.05, 3.63) is 27.8 Å². The van der Waals surface area contributed by atoms with Gasteiger partial charge in [0, 0.05) is 0 Å². The molecule has 1 rings (SSSR count). The fraction of sp³-hybridized carbons (Fsp3) is 0. The van der Waals surface area contributed by atoms with Gasteiger partial charge in [0.2, 0.25) is 0 Å². The summed E-state index contributed by atoms with van der Waals surface area (Å²) in [5.74, 6) is -0.206. The van der Waals surface area contributed by atoms with Crippen LogP contribution in [0.5, 0.6) is 5.75 Å². The average molecular weight is 402 g/mol. The number of aromatic hydroxyl groups is 1. The zero-order chi connectivity index (χ0) is 10.7. The van der Waals surface area contributed by atoms with Gasteiger partial charge in [-0.25, -0.2) is 0 Å². The van der Waals surface area contributed by atoms with Crippen LogP contribution in [-0.4, -0.2) is 16.3 Å². The predicted molar refractivity (Wildman–Crippen MR) is 45.6 cm³/mol. The first kappa shape index (κ1) is 11.4. The fourth-order valence-electron chi connectivity index (χ4n) is 0.999. The Morgan fingerprint density at radius 1 is 1.57 bits per heavy atom. The van der Waals surface area contributed by atoms with Crippen molar-refractivity contribution in [2.24, 2.45) is 0 Å². The molecule has 0 saturated heterocycles. The number of carbonyl (C=O) groups excluding carboxylic acids is 1. The van der Waals surface area contributed by atoms with Gasteiger partial charge in [0.25, 0.3) is 0 Å². The second-order valence-electron chi connectivity index (χ2n) is 2.55. The molecule has 0 aromatic heterocycles. The van der Waals surface area contributed by atoms with E-state index >= 15 is 0 Å². The number of non-ortho nitro benzene ring substituents is 1. The van der Waals surface area contributed by atoms with Crippen LogP contribution in [0.1, 0.15) is 10.4 Å². The second-order valence-corrected chi connectivity index (χ2v) is 8.90. The summed E-state index contributed by atoms with van der Waals surface area (Å²) in [5.41, 5.74) is -0.282. The molecule has 0 spiro atoms. The van der Waals surface area contributed by atoms with Crippen LogP contribution in [-0.2, 0) is 23.3 Å². The van der Waals surface area contributed by atoms with Crippen molar-refractivity contribution in [2.75, 3.05) is 0 Å². The molecule has 1 aromatic rings. The summed E-state index contributed by atoms with van der Waals surface area (Å²) in [6.07, 6.45) is 0.381. The van der Waals surface area contributed by atoms with Gasteiger partial charge in [0.05, 0.1) is 0 Å². The first-order chi connectivity index (χ1) is 6.60. The third-order valence-corrected chi connectivity index (χ3v) is 7.43. The van der Waals surface area contributed by atoms with E-state index in [4.69, 9.17) is 8.25 Å². The number of carbonyl (C=O) groups is 1. The van der Waals surface area contributed by atoms with Crippen LogP contribution in [0.25, 0.3) is 0 Å². The minimum absolute atomic E-state index is 0.0742. The van der Waals surface area contributed by atoms with E-state index in [0.29, 0.717) is 9.36 Å². The van der Waals surface area contributed by atoms with Crippen molar-refractivity contribution < 1.29 is 38.2 Å². The van der Waals surface area contributed by atoms with Crippen LogP contribution >= 0.6 is 8.25 Å². The zero-order valence-corrected chi connectivity index (χ0v) is 13.2. The van der Waals surface area contributed by atoms with Crippen molar-refractivity contribution in [3.63, 3.8) is 0 Å². The molecule has 0 aliphatic carbocycles. The van der Waals surface area contributed by atoms with E-state index in [0.717, 1.165) is 6.07 Å². The summed E-state index contributed by atoms with van der Waals surface area (Å²) in [5, 5.41) is 19.9. The van der Waals surface area contributed by atoms with Gasteiger partial charge < -0.3 is 0 Å². The Labute approximate surface area is 94.7 Å². The van der Waals surface area contributed by atoms with Crippen molar-refractivity contribution in [3.8, 4) is 5.75 Å². The number of hydrogen-bond acceptors (Lipinski definition) is 4. The predicted octanol–water partition coefficient (Wildman–Crippen LogP) is 0.975. The summed E-state index contributed by atoms with van der Waals surface area (Å²) in [7, 11) is 5.66. The van der Waals surface area contributed by atoms with Crippen LogP contribution < -0.4 is 3.07 Å². The third-order valence-electron chi connectivity index (χ3n) is 1.68. The number of phenolic OH excluding ortho intramolecular Hbond substituents is 1. The van der Waals surface area contributed by atoms with Crippen LogP contribution in [0.15, 0.2) is 12.1 Å². The average Bonchev–Trinajstić information content (AvgIpc) is 2.17. The molecule has 0 heterocycles. The summed E-state index contributed by atoms with van der Waals surface area (Å²) in [6, 6.07) is 2.27. The normalized spacial score (nSPS) is 9.21. The molecule has 7 heteroatoms. The Morgan fingerprint density at radius 2 is 2.21 bits per heavy atom. The van der Waals surface area contributed by atoms with Crippen LogP contribution in [0, 0.1) is 10.1 Å². The standard InChI is InChI=1S/C7H4NO4.ClH.Hg/c9-4-5-3-6(8(11)12)1-2-7(5)10;;/h1,3-4,10H;1H;/q;;+1/p-1. The van der Waals surface area contributed by atoms with Gasteiger partial charge in [-0.3, -0.25) is 0 Å². The molecule has 70 valence electrons. The molecule has 0 amide bonds. The van der Waals surface area contributed by atoms with Gasteiger partial charge >= 0.3 is 95.0 Å². The molecule has 0 fully saturated rings. The van der Waals surface area contributed by atoms with Crippen molar-refractivity contribution in [1.29, 1.82) is 0 Å². The molecule has 0 bridgehead atoms. The Hall–Kier alpha value is -0.685. The molecular weight excluding hydrogens is 398 g/mol. The Balaban J connectivity index is 3.39. The van der Waals surface area contributed by atoms with E-state index in [1.54, 1.807) is 0 Å². The molecular formula is C7H4ClHgNO4. The van der Waals surface area contributed by atoms with E-state index in [1.165, 1.54) is 6.07 Å².